The summed E-state index contributed by atoms with van der Waals surface area (Å²) in [6.07, 6.45) is 3.17. The number of nitrogens with zero attached hydrogens (tertiary/aromatic N) is 2. The predicted octanol–water partition coefficient (Wildman–Crippen LogP) is 4.64. The van der Waals surface area contributed by atoms with Crippen LogP contribution in [0.4, 0.5) is 20.6 Å². The Kier molecular flexibility index (Phi) is 4.94. The van der Waals surface area contributed by atoms with Gasteiger partial charge in [0.2, 0.25) is 0 Å². The topological polar surface area (TPSA) is 84.0 Å². The molecular formula is C22H15FN4O2. The number of nitrogens with one attached hydrogen (secondary N) is 2. The van der Waals surface area contributed by atoms with Crippen molar-refractivity contribution in [2.75, 3.05) is 10.6 Å². The maximum atomic E-state index is 13.2. The molecule has 2 N–H and O–H groups in total. The molecule has 0 aliphatic rings. The van der Waals surface area contributed by atoms with Crippen molar-refractivity contribution in [3.63, 3.8) is 0 Å². The van der Waals surface area contributed by atoms with Crippen LogP contribution in [0, 0.1) is 5.82 Å². The van der Waals surface area contributed by atoms with Gasteiger partial charge in [-0.15, -0.1) is 0 Å². The normalized spacial score (nSPS) is 10.5. The van der Waals surface area contributed by atoms with Crippen LogP contribution in [0.1, 0.15) is 15.9 Å². The third kappa shape index (κ3) is 4.24. The van der Waals surface area contributed by atoms with Crippen molar-refractivity contribution < 1.29 is 14.0 Å². The Hall–Kier alpha value is -4.13. The molecular weight excluding hydrogens is 371 g/mol. The van der Waals surface area contributed by atoms with Gasteiger partial charge < -0.3 is 10.6 Å². The van der Waals surface area contributed by atoms with Crippen molar-refractivity contribution >= 4 is 34.2 Å². The molecule has 6 nitrogen and oxygen atoms in total. The summed E-state index contributed by atoms with van der Waals surface area (Å²) >= 11 is 0. The van der Waals surface area contributed by atoms with E-state index < -0.39 is 11.8 Å². The van der Waals surface area contributed by atoms with E-state index >= 15 is 0 Å². The zero-order valence-electron chi connectivity index (χ0n) is 15.1. The Labute approximate surface area is 165 Å². The summed E-state index contributed by atoms with van der Waals surface area (Å²) in [5.41, 5.74) is 3.18. The van der Waals surface area contributed by atoms with Crippen LogP contribution >= 0.6 is 0 Å². The average Bonchev–Trinajstić information content (AvgIpc) is 2.73. The van der Waals surface area contributed by atoms with Crippen LogP contribution in [0.3, 0.4) is 0 Å². The third-order valence-electron chi connectivity index (χ3n) is 4.22. The lowest BCUT2D eigenvalue weighted by molar-refractivity contribution is 0.103. The number of aromatic nitrogens is 2. The van der Waals surface area contributed by atoms with Crippen molar-refractivity contribution in [2.45, 2.75) is 0 Å². The number of fused-ring (bicyclic) bond motifs is 1. The number of hydrogen-bond donors (Lipinski definition) is 2. The highest BCUT2D eigenvalue weighted by Crippen LogP contribution is 2.17. The van der Waals surface area contributed by atoms with Gasteiger partial charge in [-0.2, -0.15) is 0 Å². The van der Waals surface area contributed by atoms with Crippen molar-refractivity contribution in [2.24, 2.45) is 0 Å². The summed E-state index contributed by atoms with van der Waals surface area (Å²) in [6, 6.07) is 16.7. The molecule has 0 saturated heterocycles. The summed E-state index contributed by atoms with van der Waals surface area (Å²) in [6.45, 7) is 0. The molecule has 1 heterocycles. The van der Waals surface area contributed by atoms with E-state index in [0.29, 0.717) is 33.5 Å². The monoisotopic (exact) mass is 386 g/mol. The minimum Gasteiger partial charge on any atom is -0.308 e. The van der Waals surface area contributed by atoms with Gasteiger partial charge >= 0.3 is 6.03 Å². The van der Waals surface area contributed by atoms with Crippen molar-refractivity contribution in [3.8, 4) is 0 Å². The molecule has 0 unspecified atom stereocenters. The minimum absolute atomic E-state index is 0.159. The van der Waals surface area contributed by atoms with Gasteiger partial charge in [-0.3, -0.25) is 14.8 Å². The van der Waals surface area contributed by atoms with Crippen LogP contribution in [-0.4, -0.2) is 21.8 Å². The minimum atomic E-state index is -0.511. The molecule has 0 radical (unpaired) electrons. The van der Waals surface area contributed by atoms with Gasteiger partial charge in [0.15, 0.2) is 5.78 Å². The molecule has 0 spiro atoms. The zero-order chi connectivity index (χ0) is 20.2. The van der Waals surface area contributed by atoms with E-state index in [1.807, 2.05) is 0 Å². The summed E-state index contributed by atoms with van der Waals surface area (Å²) in [4.78, 5) is 33.1. The predicted molar refractivity (Wildman–Crippen MR) is 108 cm³/mol. The first-order valence-corrected chi connectivity index (χ1v) is 8.77. The standard InChI is InChI=1S/C22H15FN4O2/c23-16-2-1-3-18(13-16)27-22(29)26-17-7-4-14(5-8-17)21(28)15-6-9-19-20(12-15)25-11-10-24-19/h1-13H,(H2,26,27,29). The SMILES string of the molecule is O=C(Nc1ccc(C(=O)c2ccc3nccnc3c2)cc1)Nc1cccc(F)c1. The van der Waals surface area contributed by atoms with Gasteiger partial charge in [-0.05, 0) is 60.7 Å². The number of benzene rings is 3. The van der Waals surface area contributed by atoms with E-state index in [-0.39, 0.29) is 5.78 Å². The Bertz CT molecular complexity index is 1210. The molecule has 0 aliphatic heterocycles. The van der Waals surface area contributed by atoms with Crippen molar-refractivity contribution in [1.82, 2.24) is 9.97 Å². The van der Waals surface area contributed by atoms with E-state index in [1.165, 1.54) is 18.2 Å². The van der Waals surface area contributed by atoms with E-state index in [2.05, 4.69) is 20.6 Å². The van der Waals surface area contributed by atoms with E-state index in [4.69, 9.17) is 0 Å². The Balaban J connectivity index is 1.45. The smallest absolute Gasteiger partial charge is 0.308 e. The number of hydrogen-bond acceptors (Lipinski definition) is 4. The number of anilines is 2. The summed E-state index contributed by atoms with van der Waals surface area (Å²) in [7, 11) is 0. The third-order valence-corrected chi connectivity index (χ3v) is 4.22. The van der Waals surface area contributed by atoms with E-state index in [1.54, 1.807) is 60.9 Å². The first kappa shape index (κ1) is 18.2. The summed E-state index contributed by atoms with van der Waals surface area (Å²) < 4.78 is 13.2. The second kappa shape index (κ2) is 7.85. The summed E-state index contributed by atoms with van der Waals surface area (Å²) in [5, 5.41) is 5.18. The molecule has 3 aromatic carbocycles. The van der Waals surface area contributed by atoms with Crippen LogP contribution in [0.2, 0.25) is 0 Å². The molecule has 0 saturated carbocycles. The molecule has 142 valence electrons. The first-order chi connectivity index (χ1) is 14.1. The van der Waals surface area contributed by atoms with E-state index in [9.17, 15) is 14.0 Å². The van der Waals surface area contributed by atoms with Gasteiger partial charge in [0, 0.05) is 34.9 Å². The van der Waals surface area contributed by atoms with Gasteiger partial charge in [0.1, 0.15) is 5.82 Å². The zero-order valence-corrected chi connectivity index (χ0v) is 15.1. The molecule has 7 heteroatoms. The first-order valence-electron chi connectivity index (χ1n) is 8.77. The highest BCUT2D eigenvalue weighted by Gasteiger charge is 2.11. The lowest BCUT2D eigenvalue weighted by atomic mass is 10.0. The fraction of sp³-hybridized carbons (Fsp3) is 0. The quantitative estimate of drug-likeness (QED) is 0.500. The highest BCUT2D eigenvalue weighted by molar-refractivity contribution is 6.10. The van der Waals surface area contributed by atoms with Crippen LogP contribution in [0.25, 0.3) is 11.0 Å². The maximum absolute atomic E-state index is 13.2. The second-order valence-corrected chi connectivity index (χ2v) is 6.26. The van der Waals surface area contributed by atoms with E-state index in [0.717, 1.165) is 0 Å². The molecule has 0 aliphatic carbocycles. The van der Waals surface area contributed by atoms with Gasteiger partial charge in [-0.1, -0.05) is 6.07 Å². The van der Waals surface area contributed by atoms with Gasteiger partial charge in [0.25, 0.3) is 0 Å². The number of urea groups is 1. The van der Waals surface area contributed by atoms with Crippen molar-refractivity contribution in [1.29, 1.82) is 0 Å². The lowest BCUT2D eigenvalue weighted by Gasteiger charge is -2.08. The van der Waals surface area contributed by atoms with Crippen molar-refractivity contribution in [3.05, 3.63) is 96.1 Å². The number of carbonyl (C=O) groups is 2. The molecule has 0 atom stereocenters. The number of carbonyl (C=O) groups excluding carboxylic acids is 2. The molecule has 4 aromatic rings. The van der Waals surface area contributed by atoms with Crippen LogP contribution in [0.5, 0.6) is 0 Å². The highest BCUT2D eigenvalue weighted by atomic mass is 19.1. The Morgan fingerprint density at radius 2 is 1.41 bits per heavy atom. The van der Waals surface area contributed by atoms with Crippen LogP contribution in [0.15, 0.2) is 79.1 Å². The number of amides is 2. The molecule has 1 aromatic heterocycles. The molecule has 2 amide bonds. The Morgan fingerprint density at radius 1 is 0.724 bits per heavy atom. The summed E-state index contributed by atoms with van der Waals surface area (Å²) in [5.74, 6) is -0.598. The second-order valence-electron chi connectivity index (χ2n) is 6.26. The van der Waals surface area contributed by atoms with Crippen LogP contribution < -0.4 is 10.6 Å². The van der Waals surface area contributed by atoms with Gasteiger partial charge in [0.05, 0.1) is 11.0 Å². The largest absolute Gasteiger partial charge is 0.323 e. The molecule has 0 bridgehead atoms. The fourth-order valence-corrected chi connectivity index (χ4v) is 2.84. The van der Waals surface area contributed by atoms with Crippen LogP contribution in [-0.2, 0) is 0 Å². The number of halogens is 1. The molecule has 29 heavy (non-hydrogen) atoms. The van der Waals surface area contributed by atoms with Gasteiger partial charge in [-0.25, -0.2) is 9.18 Å². The lowest BCUT2D eigenvalue weighted by Crippen LogP contribution is -2.19. The molecule has 0 fully saturated rings. The average molecular weight is 386 g/mol. The molecule has 4 rings (SSSR count). The fourth-order valence-electron chi connectivity index (χ4n) is 2.84. The maximum Gasteiger partial charge on any atom is 0.323 e. The number of rotatable bonds is 4. The number of ketones is 1. The Morgan fingerprint density at radius 3 is 2.17 bits per heavy atom.